The topological polar surface area (TPSA) is 62.3 Å². The molecule has 1 aromatic heterocycles. The number of fused-ring (bicyclic) bond motifs is 1. The first kappa shape index (κ1) is 9.58. The van der Waals surface area contributed by atoms with Crippen molar-refractivity contribution in [3.05, 3.63) is 34.1 Å². The van der Waals surface area contributed by atoms with Crippen LogP contribution in [0.4, 0.5) is 0 Å². The van der Waals surface area contributed by atoms with E-state index in [9.17, 15) is 9.90 Å². The van der Waals surface area contributed by atoms with Gasteiger partial charge in [0.25, 0.3) is 5.56 Å². The average molecular weight is 205 g/mol. The smallest absolute Gasteiger partial charge is 0.255 e. The summed E-state index contributed by atoms with van der Waals surface area (Å²) in [5.41, 5.74) is 0.643. The molecule has 78 valence electrons. The number of aromatic nitrogens is 1. The van der Waals surface area contributed by atoms with Gasteiger partial charge in [0.1, 0.15) is 11.5 Å². The average Bonchev–Trinajstić information content (AvgIpc) is 2.26. The zero-order valence-corrected chi connectivity index (χ0v) is 8.50. The van der Waals surface area contributed by atoms with Gasteiger partial charge in [-0.25, -0.2) is 0 Å². The van der Waals surface area contributed by atoms with Gasteiger partial charge in [-0.1, -0.05) is 0 Å². The molecular formula is C11H11NO3. The standard InChI is InChI=1S/C11H11NO3/c1-6-10(13)8-5-7(15-2)3-4-9(8)12-11(6)14/h3-5H,1-2H3,(H2,12,13,14). The first-order chi connectivity index (χ1) is 7.13. The Kier molecular flexibility index (Phi) is 2.11. The third-order valence-electron chi connectivity index (χ3n) is 2.43. The summed E-state index contributed by atoms with van der Waals surface area (Å²) in [4.78, 5) is 14.0. The lowest BCUT2D eigenvalue weighted by Gasteiger charge is -2.05. The van der Waals surface area contributed by atoms with Crippen molar-refractivity contribution in [1.82, 2.24) is 4.98 Å². The fourth-order valence-corrected chi connectivity index (χ4v) is 1.48. The summed E-state index contributed by atoms with van der Waals surface area (Å²) < 4.78 is 5.04. The Morgan fingerprint density at radius 1 is 1.40 bits per heavy atom. The number of ether oxygens (including phenoxy) is 1. The first-order valence-electron chi connectivity index (χ1n) is 4.53. The second-order valence-electron chi connectivity index (χ2n) is 3.34. The molecule has 0 amide bonds. The van der Waals surface area contributed by atoms with Crippen LogP contribution in [0, 0.1) is 6.92 Å². The van der Waals surface area contributed by atoms with Crippen LogP contribution < -0.4 is 10.3 Å². The fourth-order valence-electron chi connectivity index (χ4n) is 1.48. The van der Waals surface area contributed by atoms with Crippen LogP contribution >= 0.6 is 0 Å². The van der Waals surface area contributed by atoms with E-state index in [1.807, 2.05) is 0 Å². The fraction of sp³-hybridized carbons (Fsp3) is 0.182. The minimum Gasteiger partial charge on any atom is -0.507 e. The second kappa shape index (κ2) is 3.31. The number of hydrogen-bond acceptors (Lipinski definition) is 3. The monoisotopic (exact) mass is 205 g/mol. The molecule has 1 aromatic carbocycles. The summed E-state index contributed by atoms with van der Waals surface area (Å²) in [5, 5.41) is 10.4. The molecule has 2 N–H and O–H groups in total. The predicted molar refractivity (Wildman–Crippen MR) is 57.5 cm³/mol. The molecule has 0 radical (unpaired) electrons. The molecule has 0 saturated carbocycles. The zero-order chi connectivity index (χ0) is 11.0. The molecule has 4 heteroatoms. The van der Waals surface area contributed by atoms with Gasteiger partial charge in [0.05, 0.1) is 18.2 Å². The molecule has 4 nitrogen and oxygen atoms in total. The van der Waals surface area contributed by atoms with Crippen LogP contribution in [0.1, 0.15) is 5.56 Å². The Labute approximate surface area is 86.1 Å². The van der Waals surface area contributed by atoms with Gasteiger partial charge in [0.2, 0.25) is 0 Å². The molecule has 0 aliphatic rings. The molecule has 0 saturated heterocycles. The molecule has 0 spiro atoms. The van der Waals surface area contributed by atoms with E-state index in [1.54, 1.807) is 32.2 Å². The maximum Gasteiger partial charge on any atom is 0.255 e. The van der Waals surface area contributed by atoms with E-state index in [0.717, 1.165) is 0 Å². The molecule has 0 aliphatic carbocycles. The predicted octanol–water partition coefficient (Wildman–Crippen LogP) is 1.55. The number of rotatable bonds is 1. The summed E-state index contributed by atoms with van der Waals surface area (Å²) in [5.74, 6) is 0.650. The molecule has 2 aromatic rings. The zero-order valence-electron chi connectivity index (χ0n) is 8.50. The van der Waals surface area contributed by atoms with Crippen LogP contribution in [0.3, 0.4) is 0 Å². The van der Waals surface area contributed by atoms with E-state index in [1.165, 1.54) is 0 Å². The molecule has 15 heavy (non-hydrogen) atoms. The Hall–Kier alpha value is -1.97. The highest BCUT2D eigenvalue weighted by Gasteiger charge is 2.08. The Bertz CT molecular complexity index is 572. The molecule has 2 rings (SSSR count). The molecule has 0 atom stereocenters. The van der Waals surface area contributed by atoms with Gasteiger partial charge in [-0.3, -0.25) is 4.79 Å². The van der Waals surface area contributed by atoms with Crippen molar-refractivity contribution in [3.8, 4) is 11.5 Å². The highest BCUT2D eigenvalue weighted by Crippen LogP contribution is 2.27. The van der Waals surface area contributed by atoms with Gasteiger partial charge in [-0.2, -0.15) is 0 Å². The molecule has 0 aliphatic heterocycles. The van der Waals surface area contributed by atoms with Crippen LogP contribution in [0.15, 0.2) is 23.0 Å². The van der Waals surface area contributed by atoms with E-state index in [0.29, 0.717) is 22.2 Å². The lowest BCUT2D eigenvalue weighted by atomic mass is 10.1. The van der Waals surface area contributed by atoms with Crippen LogP contribution in [-0.2, 0) is 0 Å². The normalized spacial score (nSPS) is 10.5. The second-order valence-corrected chi connectivity index (χ2v) is 3.34. The minimum atomic E-state index is -0.273. The van der Waals surface area contributed by atoms with Gasteiger partial charge in [0, 0.05) is 5.39 Å². The lowest BCUT2D eigenvalue weighted by molar-refractivity contribution is 0.415. The number of pyridine rings is 1. The van der Waals surface area contributed by atoms with Crippen molar-refractivity contribution in [2.45, 2.75) is 6.92 Å². The Morgan fingerprint density at radius 3 is 2.80 bits per heavy atom. The molecule has 0 unspecified atom stereocenters. The lowest BCUT2D eigenvalue weighted by Crippen LogP contribution is -2.09. The summed E-state index contributed by atoms with van der Waals surface area (Å²) in [6, 6.07) is 5.12. The molecule has 1 heterocycles. The third-order valence-corrected chi connectivity index (χ3v) is 2.43. The quantitative estimate of drug-likeness (QED) is 0.742. The van der Waals surface area contributed by atoms with E-state index < -0.39 is 0 Å². The molecule has 0 bridgehead atoms. The first-order valence-corrected chi connectivity index (χ1v) is 4.53. The van der Waals surface area contributed by atoms with Crippen molar-refractivity contribution in [3.63, 3.8) is 0 Å². The highest BCUT2D eigenvalue weighted by atomic mass is 16.5. The van der Waals surface area contributed by atoms with Gasteiger partial charge < -0.3 is 14.8 Å². The SMILES string of the molecule is COc1ccc2[nH]c(=O)c(C)c(O)c2c1. The minimum absolute atomic E-state index is 0.00708. The van der Waals surface area contributed by atoms with Gasteiger partial charge in [0.15, 0.2) is 0 Å². The van der Waals surface area contributed by atoms with Crippen molar-refractivity contribution in [2.75, 3.05) is 7.11 Å². The molecular weight excluding hydrogens is 194 g/mol. The third kappa shape index (κ3) is 1.44. The van der Waals surface area contributed by atoms with Crippen LogP contribution in [0.5, 0.6) is 11.5 Å². The van der Waals surface area contributed by atoms with E-state index in [2.05, 4.69) is 4.98 Å². The van der Waals surface area contributed by atoms with E-state index in [-0.39, 0.29) is 11.3 Å². The maximum atomic E-state index is 11.4. The van der Waals surface area contributed by atoms with E-state index in [4.69, 9.17) is 4.74 Å². The van der Waals surface area contributed by atoms with Crippen molar-refractivity contribution < 1.29 is 9.84 Å². The maximum absolute atomic E-state index is 11.4. The number of nitrogens with one attached hydrogen (secondary N) is 1. The number of aromatic hydroxyl groups is 1. The summed E-state index contributed by atoms with van der Waals surface area (Å²) in [6.07, 6.45) is 0. The number of H-pyrrole nitrogens is 1. The summed E-state index contributed by atoms with van der Waals surface area (Å²) in [6.45, 7) is 1.58. The van der Waals surface area contributed by atoms with Crippen LogP contribution in [0.2, 0.25) is 0 Å². The van der Waals surface area contributed by atoms with Crippen molar-refractivity contribution >= 4 is 10.9 Å². The number of benzene rings is 1. The Morgan fingerprint density at radius 2 is 2.13 bits per heavy atom. The van der Waals surface area contributed by atoms with E-state index >= 15 is 0 Å². The Balaban J connectivity index is 2.87. The van der Waals surface area contributed by atoms with Gasteiger partial charge >= 0.3 is 0 Å². The largest absolute Gasteiger partial charge is 0.507 e. The number of aromatic amines is 1. The van der Waals surface area contributed by atoms with Crippen LogP contribution in [-0.4, -0.2) is 17.2 Å². The highest BCUT2D eigenvalue weighted by molar-refractivity contribution is 5.86. The van der Waals surface area contributed by atoms with Crippen molar-refractivity contribution in [2.24, 2.45) is 0 Å². The van der Waals surface area contributed by atoms with Gasteiger partial charge in [-0.05, 0) is 25.1 Å². The van der Waals surface area contributed by atoms with Gasteiger partial charge in [-0.15, -0.1) is 0 Å². The summed E-state index contributed by atoms with van der Waals surface area (Å²) in [7, 11) is 1.55. The summed E-state index contributed by atoms with van der Waals surface area (Å²) >= 11 is 0. The van der Waals surface area contributed by atoms with Crippen molar-refractivity contribution in [1.29, 1.82) is 0 Å². The van der Waals surface area contributed by atoms with Crippen LogP contribution in [0.25, 0.3) is 10.9 Å². The molecule has 0 fully saturated rings. The number of methoxy groups -OCH3 is 1. The number of hydrogen-bond donors (Lipinski definition) is 2.